The first-order chi connectivity index (χ1) is 9.54. The summed E-state index contributed by atoms with van der Waals surface area (Å²) in [6, 6.07) is 1.98. The number of nitrogens with one attached hydrogen (secondary N) is 1. The number of aryl methyl sites for hydroxylation is 1. The fourth-order valence-electron chi connectivity index (χ4n) is 1.72. The molecule has 1 aromatic rings. The highest BCUT2D eigenvalue weighted by Crippen LogP contribution is 2.19. The second-order valence-electron chi connectivity index (χ2n) is 5.57. The predicted octanol–water partition coefficient (Wildman–Crippen LogP) is 1.80. The molecule has 0 saturated carbocycles. The van der Waals surface area contributed by atoms with Crippen molar-refractivity contribution in [2.45, 2.75) is 32.6 Å². The van der Waals surface area contributed by atoms with Gasteiger partial charge in [-0.25, -0.2) is 17.9 Å². The number of rotatable bonds is 5. The van der Waals surface area contributed by atoms with Crippen molar-refractivity contribution < 1.29 is 17.6 Å². The van der Waals surface area contributed by atoms with Gasteiger partial charge in [-0.15, -0.1) is 0 Å². The number of hydrogen-bond donors (Lipinski definition) is 2. The van der Waals surface area contributed by atoms with Gasteiger partial charge >= 0.3 is 0 Å². The maximum atomic E-state index is 13.9. The number of amides is 1. The van der Waals surface area contributed by atoms with Gasteiger partial charge < -0.3 is 5.32 Å². The van der Waals surface area contributed by atoms with E-state index in [0.29, 0.717) is 12.5 Å². The zero-order valence-electron chi connectivity index (χ0n) is 12.6. The van der Waals surface area contributed by atoms with E-state index in [1.54, 1.807) is 0 Å². The normalized spacial score (nSPS) is 13.3. The summed E-state index contributed by atoms with van der Waals surface area (Å²) in [5, 5.41) is 7.66. The first-order valence-electron chi connectivity index (χ1n) is 6.65. The summed E-state index contributed by atoms with van der Waals surface area (Å²) in [6.45, 7) is 7.80. The van der Waals surface area contributed by atoms with Gasteiger partial charge in [-0.3, -0.25) is 4.79 Å². The maximum absolute atomic E-state index is 13.9. The SMILES string of the molecule is Cc1cc(F)c(C(=O)NCC(C)C(C)C)cc1S(N)(=O)=O. The molecule has 7 heteroatoms. The van der Waals surface area contributed by atoms with Crippen LogP contribution in [-0.2, 0) is 10.0 Å². The zero-order valence-corrected chi connectivity index (χ0v) is 13.4. The van der Waals surface area contributed by atoms with Crippen LogP contribution >= 0.6 is 0 Å². The number of benzene rings is 1. The molecule has 0 aliphatic rings. The van der Waals surface area contributed by atoms with Gasteiger partial charge in [0.15, 0.2) is 0 Å². The number of nitrogens with two attached hydrogens (primary N) is 1. The zero-order chi connectivity index (χ0) is 16.4. The van der Waals surface area contributed by atoms with Crippen LogP contribution in [0.15, 0.2) is 17.0 Å². The van der Waals surface area contributed by atoms with Crippen LogP contribution in [-0.4, -0.2) is 20.9 Å². The van der Waals surface area contributed by atoms with E-state index in [1.807, 2.05) is 20.8 Å². The Balaban J connectivity index is 3.05. The smallest absolute Gasteiger partial charge is 0.254 e. The molecule has 21 heavy (non-hydrogen) atoms. The van der Waals surface area contributed by atoms with Crippen LogP contribution in [0.2, 0.25) is 0 Å². The van der Waals surface area contributed by atoms with Crippen LogP contribution in [0.25, 0.3) is 0 Å². The van der Waals surface area contributed by atoms with Gasteiger partial charge in [0.1, 0.15) is 5.82 Å². The highest BCUT2D eigenvalue weighted by Gasteiger charge is 2.20. The summed E-state index contributed by atoms with van der Waals surface area (Å²) in [7, 11) is -4.00. The lowest BCUT2D eigenvalue weighted by molar-refractivity contribution is 0.0940. The van der Waals surface area contributed by atoms with Crippen molar-refractivity contribution in [3.8, 4) is 0 Å². The van der Waals surface area contributed by atoms with Crippen molar-refractivity contribution in [1.29, 1.82) is 0 Å². The number of carbonyl (C=O) groups excluding carboxylic acids is 1. The molecular formula is C14H21FN2O3S. The molecule has 1 unspecified atom stereocenters. The van der Waals surface area contributed by atoms with Crippen LogP contribution in [0.5, 0.6) is 0 Å². The Morgan fingerprint density at radius 3 is 2.38 bits per heavy atom. The number of primary sulfonamides is 1. The van der Waals surface area contributed by atoms with E-state index >= 15 is 0 Å². The van der Waals surface area contributed by atoms with Crippen molar-refractivity contribution >= 4 is 15.9 Å². The standard InChI is InChI=1S/C14H21FN2O3S/c1-8(2)10(4)7-17-14(18)11-6-13(21(16,19)20)9(3)5-12(11)15/h5-6,8,10H,7H2,1-4H3,(H,17,18)(H2,16,19,20). The summed E-state index contributed by atoms with van der Waals surface area (Å²) in [6.07, 6.45) is 0. The van der Waals surface area contributed by atoms with Crippen molar-refractivity contribution in [2.24, 2.45) is 17.0 Å². The van der Waals surface area contributed by atoms with Crippen molar-refractivity contribution in [1.82, 2.24) is 5.32 Å². The molecule has 118 valence electrons. The molecule has 0 fully saturated rings. The van der Waals surface area contributed by atoms with E-state index in [-0.39, 0.29) is 21.9 Å². The number of carbonyl (C=O) groups is 1. The average Bonchev–Trinajstić information content (AvgIpc) is 2.33. The van der Waals surface area contributed by atoms with E-state index in [1.165, 1.54) is 6.92 Å². The van der Waals surface area contributed by atoms with E-state index < -0.39 is 21.7 Å². The maximum Gasteiger partial charge on any atom is 0.254 e. The quantitative estimate of drug-likeness (QED) is 0.868. The highest BCUT2D eigenvalue weighted by atomic mass is 32.2. The molecule has 0 aromatic heterocycles. The first kappa shape index (κ1) is 17.6. The summed E-state index contributed by atoms with van der Waals surface area (Å²) < 4.78 is 36.7. The third-order valence-corrected chi connectivity index (χ3v) is 4.59. The van der Waals surface area contributed by atoms with Gasteiger partial charge in [0.05, 0.1) is 10.5 Å². The Kier molecular flexibility index (Phi) is 5.47. The lowest BCUT2D eigenvalue weighted by Crippen LogP contribution is -2.31. The fourth-order valence-corrected chi connectivity index (χ4v) is 2.51. The minimum atomic E-state index is -4.00. The minimum Gasteiger partial charge on any atom is -0.352 e. The lowest BCUT2D eigenvalue weighted by atomic mass is 9.98. The molecule has 0 saturated heterocycles. The summed E-state index contributed by atoms with van der Waals surface area (Å²) in [5.41, 5.74) is -0.150. The van der Waals surface area contributed by atoms with Gasteiger partial charge in [0.2, 0.25) is 10.0 Å². The van der Waals surface area contributed by atoms with Gasteiger partial charge in [-0.1, -0.05) is 20.8 Å². The van der Waals surface area contributed by atoms with E-state index in [4.69, 9.17) is 5.14 Å². The molecule has 0 spiro atoms. The van der Waals surface area contributed by atoms with Crippen molar-refractivity contribution in [3.63, 3.8) is 0 Å². The van der Waals surface area contributed by atoms with Crippen LogP contribution < -0.4 is 10.5 Å². The molecular weight excluding hydrogens is 295 g/mol. The summed E-state index contributed by atoms with van der Waals surface area (Å²) >= 11 is 0. The Hall–Kier alpha value is -1.47. The molecule has 0 bridgehead atoms. The Labute approximate surface area is 124 Å². The minimum absolute atomic E-state index is 0.169. The molecule has 0 heterocycles. The molecule has 0 radical (unpaired) electrons. The molecule has 3 N–H and O–H groups in total. The Bertz CT molecular complexity index is 642. The van der Waals surface area contributed by atoms with E-state index in [0.717, 1.165) is 12.1 Å². The predicted molar refractivity (Wildman–Crippen MR) is 78.8 cm³/mol. The Morgan fingerprint density at radius 1 is 1.33 bits per heavy atom. The number of hydrogen-bond acceptors (Lipinski definition) is 3. The lowest BCUT2D eigenvalue weighted by Gasteiger charge is -2.16. The van der Waals surface area contributed by atoms with Crippen molar-refractivity contribution in [2.75, 3.05) is 6.54 Å². The van der Waals surface area contributed by atoms with Crippen LogP contribution in [0.4, 0.5) is 4.39 Å². The molecule has 5 nitrogen and oxygen atoms in total. The molecule has 0 aliphatic carbocycles. The van der Waals surface area contributed by atoms with Crippen LogP contribution in [0, 0.1) is 24.6 Å². The third-order valence-electron chi connectivity index (χ3n) is 3.54. The third kappa shape index (κ3) is 4.50. The summed E-state index contributed by atoms with van der Waals surface area (Å²) in [4.78, 5) is 11.8. The van der Waals surface area contributed by atoms with Crippen LogP contribution in [0.3, 0.4) is 0 Å². The van der Waals surface area contributed by atoms with Gasteiger partial charge in [-0.2, -0.15) is 0 Å². The van der Waals surface area contributed by atoms with Gasteiger partial charge in [0.25, 0.3) is 5.91 Å². The van der Waals surface area contributed by atoms with E-state index in [2.05, 4.69) is 5.32 Å². The summed E-state index contributed by atoms with van der Waals surface area (Å²) in [5.74, 6) is -0.826. The highest BCUT2D eigenvalue weighted by molar-refractivity contribution is 7.89. The average molecular weight is 316 g/mol. The van der Waals surface area contributed by atoms with Crippen LogP contribution in [0.1, 0.15) is 36.7 Å². The largest absolute Gasteiger partial charge is 0.352 e. The van der Waals surface area contributed by atoms with E-state index in [9.17, 15) is 17.6 Å². The molecule has 1 rings (SSSR count). The number of halogens is 1. The monoisotopic (exact) mass is 316 g/mol. The molecule has 1 aromatic carbocycles. The van der Waals surface area contributed by atoms with Crippen molar-refractivity contribution in [3.05, 3.63) is 29.1 Å². The fraction of sp³-hybridized carbons (Fsp3) is 0.500. The topological polar surface area (TPSA) is 89.3 Å². The second kappa shape index (κ2) is 6.53. The first-order valence-corrected chi connectivity index (χ1v) is 8.19. The number of sulfonamides is 1. The second-order valence-corrected chi connectivity index (χ2v) is 7.10. The molecule has 1 amide bonds. The van der Waals surface area contributed by atoms with Gasteiger partial charge in [-0.05, 0) is 36.5 Å². The molecule has 0 aliphatic heterocycles. The van der Waals surface area contributed by atoms with Gasteiger partial charge in [0, 0.05) is 6.54 Å². The molecule has 1 atom stereocenters. The Morgan fingerprint density at radius 2 is 1.90 bits per heavy atom.